The summed E-state index contributed by atoms with van der Waals surface area (Å²) in [7, 11) is -2.38. The van der Waals surface area contributed by atoms with Crippen LogP contribution >= 0.6 is 0 Å². The maximum Gasteiger partial charge on any atom is 0.337 e. The molecule has 7 heteroatoms. The first-order valence-corrected chi connectivity index (χ1v) is 7.30. The van der Waals surface area contributed by atoms with Crippen molar-refractivity contribution in [3.63, 3.8) is 0 Å². The number of nitrogens with zero attached hydrogens (tertiary/aromatic N) is 1. The minimum atomic E-state index is -3.62. The Morgan fingerprint density at radius 2 is 1.89 bits per heavy atom. The smallest absolute Gasteiger partial charge is 0.337 e. The first-order valence-electron chi connectivity index (χ1n) is 5.86. The summed E-state index contributed by atoms with van der Waals surface area (Å²) in [6, 6.07) is 4.02. The normalized spacial score (nSPS) is 11.6. The largest absolute Gasteiger partial charge is 0.465 e. The van der Waals surface area contributed by atoms with Crippen molar-refractivity contribution in [3.8, 4) is 0 Å². The van der Waals surface area contributed by atoms with Crippen LogP contribution in [0.5, 0.6) is 0 Å². The Hall–Kier alpha value is -1.60. The second-order valence-electron chi connectivity index (χ2n) is 3.83. The number of nitrogens with two attached hydrogens (primary N) is 1. The number of esters is 1. The van der Waals surface area contributed by atoms with Gasteiger partial charge in [-0.25, -0.2) is 13.2 Å². The third kappa shape index (κ3) is 3.05. The van der Waals surface area contributed by atoms with Gasteiger partial charge in [-0.15, -0.1) is 0 Å². The highest BCUT2D eigenvalue weighted by Gasteiger charge is 2.24. The van der Waals surface area contributed by atoms with Crippen LogP contribution in [0.2, 0.25) is 0 Å². The summed E-state index contributed by atoms with van der Waals surface area (Å²) in [4.78, 5) is 11.3. The van der Waals surface area contributed by atoms with Crippen molar-refractivity contribution in [1.82, 2.24) is 4.31 Å². The lowest BCUT2D eigenvalue weighted by Gasteiger charge is -2.19. The maximum atomic E-state index is 12.3. The molecule has 0 fully saturated rings. The Labute approximate surface area is 113 Å². The topological polar surface area (TPSA) is 89.7 Å². The zero-order valence-corrected chi connectivity index (χ0v) is 12.0. The number of nitrogen functional groups attached to an aromatic ring is 1. The molecule has 1 rings (SSSR count). The minimum Gasteiger partial charge on any atom is -0.465 e. The maximum absolute atomic E-state index is 12.3. The van der Waals surface area contributed by atoms with E-state index >= 15 is 0 Å². The molecular weight excluding hydrogens is 268 g/mol. The van der Waals surface area contributed by atoms with Crippen LogP contribution in [0.3, 0.4) is 0 Å². The molecule has 0 amide bonds. The van der Waals surface area contributed by atoms with Crippen molar-refractivity contribution in [2.75, 3.05) is 25.9 Å². The SMILES string of the molecule is CCN(CC)S(=O)(=O)c1ccc(C(=O)OC)cc1N. The summed E-state index contributed by atoms with van der Waals surface area (Å²) < 4.78 is 30.4. The number of hydrogen-bond acceptors (Lipinski definition) is 5. The third-order valence-corrected chi connectivity index (χ3v) is 4.88. The Morgan fingerprint density at radius 1 is 1.32 bits per heavy atom. The fraction of sp³-hybridized carbons (Fsp3) is 0.417. The molecule has 0 aromatic heterocycles. The van der Waals surface area contributed by atoms with Gasteiger partial charge in [-0.1, -0.05) is 13.8 Å². The number of sulfonamides is 1. The zero-order valence-electron chi connectivity index (χ0n) is 11.2. The van der Waals surface area contributed by atoms with Gasteiger partial charge in [0, 0.05) is 13.1 Å². The van der Waals surface area contributed by atoms with Gasteiger partial charge in [-0.2, -0.15) is 4.31 Å². The predicted molar refractivity (Wildman–Crippen MR) is 72.3 cm³/mol. The van der Waals surface area contributed by atoms with Crippen molar-refractivity contribution in [1.29, 1.82) is 0 Å². The molecule has 0 aliphatic heterocycles. The Balaban J connectivity index is 3.27. The highest BCUT2D eigenvalue weighted by atomic mass is 32.2. The lowest BCUT2D eigenvalue weighted by Crippen LogP contribution is -2.31. The van der Waals surface area contributed by atoms with Crippen LogP contribution in [0.1, 0.15) is 24.2 Å². The number of rotatable bonds is 5. The molecule has 0 aliphatic carbocycles. The summed E-state index contributed by atoms with van der Waals surface area (Å²) in [5.74, 6) is -0.557. The average molecular weight is 286 g/mol. The first kappa shape index (κ1) is 15.5. The third-order valence-electron chi connectivity index (χ3n) is 2.75. The van der Waals surface area contributed by atoms with Gasteiger partial charge in [-0.3, -0.25) is 0 Å². The van der Waals surface area contributed by atoms with Crippen LogP contribution in [-0.2, 0) is 14.8 Å². The summed E-state index contributed by atoms with van der Waals surface area (Å²) in [5.41, 5.74) is 5.99. The summed E-state index contributed by atoms with van der Waals surface area (Å²) in [6.45, 7) is 4.22. The van der Waals surface area contributed by atoms with Gasteiger partial charge in [-0.05, 0) is 18.2 Å². The summed E-state index contributed by atoms with van der Waals surface area (Å²) in [6.07, 6.45) is 0. The van der Waals surface area contributed by atoms with Crippen LogP contribution in [0, 0.1) is 0 Å². The van der Waals surface area contributed by atoms with Crippen LogP contribution in [0.25, 0.3) is 0 Å². The van der Waals surface area contributed by atoms with Crippen molar-refractivity contribution in [2.45, 2.75) is 18.7 Å². The van der Waals surface area contributed by atoms with Gasteiger partial charge in [0.25, 0.3) is 0 Å². The van der Waals surface area contributed by atoms with Crippen molar-refractivity contribution >= 4 is 21.7 Å². The second kappa shape index (κ2) is 6.03. The molecular formula is C12H18N2O4S. The number of ether oxygens (including phenoxy) is 1. The van der Waals surface area contributed by atoms with Crippen molar-refractivity contribution < 1.29 is 17.9 Å². The van der Waals surface area contributed by atoms with E-state index < -0.39 is 16.0 Å². The number of benzene rings is 1. The van der Waals surface area contributed by atoms with Gasteiger partial charge in [0.15, 0.2) is 0 Å². The monoisotopic (exact) mass is 286 g/mol. The molecule has 0 saturated heterocycles. The molecule has 0 bridgehead atoms. The fourth-order valence-corrected chi connectivity index (χ4v) is 3.29. The van der Waals surface area contributed by atoms with E-state index in [-0.39, 0.29) is 16.1 Å². The van der Waals surface area contributed by atoms with E-state index in [1.807, 2.05) is 0 Å². The van der Waals surface area contributed by atoms with Gasteiger partial charge in [0.2, 0.25) is 10.0 Å². The lowest BCUT2D eigenvalue weighted by atomic mass is 10.2. The summed E-state index contributed by atoms with van der Waals surface area (Å²) in [5, 5.41) is 0. The molecule has 6 nitrogen and oxygen atoms in total. The molecule has 0 unspecified atom stereocenters. The molecule has 0 saturated carbocycles. The van der Waals surface area contributed by atoms with Crippen LogP contribution in [0.15, 0.2) is 23.1 Å². The van der Waals surface area contributed by atoms with E-state index in [1.165, 1.54) is 29.6 Å². The van der Waals surface area contributed by atoms with Crippen molar-refractivity contribution in [2.24, 2.45) is 0 Å². The Bertz CT molecular complexity index is 565. The average Bonchev–Trinajstić information content (AvgIpc) is 2.38. The second-order valence-corrected chi connectivity index (χ2v) is 5.74. The van der Waals surface area contributed by atoms with Gasteiger partial charge >= 0.3 is 5.97 Å². The van der Waals surface area contributed by atoms with Crippen LogP contribution in [-0.4, -0.2) is 38.9 Å². The van der Waals surface area contributed by atoms with E-state index in [4.69, 9.17) is 5.73 Å². The number of methoxy groups -OCH3 is 1. The molecule has 106 valence electrons. The van der Waals surface area contributed by atoms with E-state index in [9.17, 15) is 13.2 Å². The van der Waals surface area contributed by atoms with Crippen molar-refractivity contribution in [3.05, 3.63) is 23.8 Å². The molecule has 0 heterocycles. The Kier molecular flexibility index (Phi) is 4.90. The van der Waals surface area contributed by atoms with Gasteiger partial charge < -0.3 is 10.5 Å². The molecule has 0 aliphatic rings. The molecule has 1 aromatic carbocycles. The predicted octanol–water partition coefficient (Wildman–Crippen LogP) is 1.09. The number of carbonyl (C=O) groups excluding carboxylic acids is 1. The van der Waals surface area contributed by atoms with Gasteiger partial charge in [0.1, 0.15) is 4.90 Å². The Morgan fingerprint density at radius 3 is 2.32 bits per heavy atom. The minimum absolute atomic E-state index is 0.00357. The van der Waals surface area contributed by atoms with Gasteiger partial charge in [0.05, 0.1) is 18.4 Å². The van der Waals surface area contributed by atoms with Crippen LogP contribution in [0.4, 0.5) is 5.69 Å². The van der Waals surface area contributed by atoms with E-state index in [1.54, 1.807) is 13.8 Å². The zero-order chi connectivity index (χ0) is 14.6. The van der Waals surface area contributed by atoms with E-state index in [0.29, 0.717) is 13.1 Å². The summed E-state index contributed by atoms with van der Waals surface area (Å²) >= 11 is 0. The first-order chi connectivity index (χ1) is 8.88. The number of hydrogen-bond donors (Lipinski definition) is 1. The van der Waals surface area contributed by atoms with Crippen LogP contribution < -0.4 is 5.73 Å². The quantitative estimate of drug-likeness (QED) is 0.646. The number of anilines is 1. The highest BCUT2D eigenvalue weighted by Crippen LogP contribution is 2.23. The standard InChI is InChI=1S/C12H18N2O4S/c1-4-14(5-2)19(16,17)11-7-6-9(8-10(11)13)12(15)18-3/h6-8H,4-5,13H2,1-3H3. The van der Waals surface area contributed by atoms with E-state index in [0.717, 1.165) is 0 Å². The lowest BCUT2D eigenvalue weighted by molar-refractivity contribution is 0.0600. The molecule has 0 spiro atoms. The van der Waals surface area contributed by atoms with E-state index in [2.05, 4.69) is 4.74 Å². The molecule has 0 radical (unpaired) electrons. The highest BCUT2D eigenvalue weighted by molar-refractivity contribution is 7.89. The molecule has 0 atom stereocenters. The number of carbonyl (C=O) groups is 1. The molecule has 1 aromatic rings. The fourth-order valence-electron chi connectivity index (χ4n) is 1.73. The molecule has 2 N–H and O–H groups in total. The molecule has 19 heavy (non-hydrogen) atoms.